The van der Waals surface area contributed by atoms with Crippen LogP contribution in [0.1, 0.15) is 47.9 Å². The van der Waals surface area contributed by atoms with Crippen LogP contribution in [0, 0.1) is 13.8 Å². The highest BCUT2D eigenvalue weighted by Gasteiger charge is 2.45. The van der Waals surface area contributed by atoms with E-state index in [4.69, 9.17) is 0 Å². The van der Waals surface area contributed by atoms with Gasteiger partial charge in [-0.25, -0.2) is 0 Å². The molecule has 0 heterocycles. The monoisotopic (exact) mass is 402 g/mol. The molecular formula is C25H23Br. The van der Waals surface area contributed by atoms with Crippen LogP contribution in [-0.2, 0) is 5.41 Å². The molecule has 1 fully saturated rings. The summed E-state index contributed by atoms with van der Waals surface area (Å²) >= 11 is 3.63. The first kappa shape index (κ1) is 16.3. The molecule has 3 aromatic carbocycles. The molecule has 1 saturated carbocycles. The molecule has 26 heavy (non-hydrogen) atoms. The van der Waals surface area contributed by atoms with Crippen molar-refractivity contribution < 1.29 is 0 Å². The third-order valence-electron chi connectivity index (χ3n) is 6.46. The number of rotatable bonds is 1. The largest absolute Gasteiger partial charge is 0.0587 e. The molecule has 0 amide bonds. The van der Waals surface area contributed by atoms with Crippen molar-refractivity contribution in [3.05, 3.63) is 81.3 Å². The van der Waals surface area contributed by atoms with Gasteiger partial charge in [-0.1, -0.05) is 76.8 Å². The molecule has 130 valence electrons. The number of fused-ring (bicyclic) bond motifs is 5. The van der Waals surface area contributed by atoms with E-state index in [1.54, 1.807) is 11.1 Å². The number of benzene rings is 3. The highest BCUT2D eigenvalue weighted by Crippen LogP contribution is 2.57. The van der Waals surface area contributed by atoms with Gasteiger partial charge < -0.3 is 0 Å². The first-order valence-electron chi connectivity index (χ1n) is 9.61. The third kappa shape index (κ3) is 2.26. The zero-order chi connectivity index (χ0) is 17.9. The molecule has 1 heteroatoms. The molecule has 2 aliphatic rings. The van der Waals surface area contributed by atoms with Gasteiger partial charge >= 0.3 is 0 Å². The second-order valence-corrected chi connectivity index (χ2v) is 8.92. The molecule has 5 rings (SSSR count). The minimum absolute atomic E-state index is 0.247. The summed E-state index contributed by atoms with van der Waals surface area (Å²) in [6.07, 6.45) is 5.27. The van der Waals surface area contributed by atoms with Gasteiger partial charge in [-0.2, -0.15) is 0 Å². The summed E-state index contributed by atoms with van der Waals surface area (Å²) in [5, 5.41) is 0. The lowest BCUT2D eigenvalue weighted by molar-refractivity contribution is 0.549. The van der Waals surface area contributed by atoms with Gasteiger partial charge in [0.2, 0.25) is 0 Å². The van der Waals surface area contributed by atoms with E-state index in [9.17, 15) is 0 Å². The van der Waals surface area contributed by atoms with E-state index < -0.39 is 0 Å². The number of aryl methyl sites for hydroxylation is 2. The van der Waals surface area contributed by atoms with Crippen LogP contribution >= 0.6 is 15.9 Å². The van der Waals surface area contributed by atoms with Crippen LogP contribution in [0.3, 0.4) is 0 Å². The molecule has 0 radical (unpaired) electrons. The van der Waals surface area contributed by atoms with Gasteiger partial charge in [0.05, 0.1) is 0 Å². The van der Waals surface area contributed by atoms with Crippen molar-refractivity contribution in [2.75, 3.05) is 0 Å². The summed E-state index contributed by atoms with van der Waals surface area (Å²) < 4.78 is 1.18. The average Bonchev–Trinajstić information content (AvgIpc) is 3.23. The van der Waals surface area contributed by atoms with E-state index in [1.165, 1.54) is 63.5 Å². The van der Waals surface area contributed by atoms with Crippen molar-refractivity contribution in [2.45, 2.75) is 44.9 Å². The maximum absolute atomic E-state index is 3.63. The summed E-state index contributed by atoms with van der Waals surface area (Å²) in [6, 6.07) is 20.9. The van der Waals surface area contributed by atoms with Gasteiger partial charge in [0.15, 0.2) is 0 Å². The SMILES string of the molecule is Cc1ccc2c(c1)C1(CCCC1)c1cc(-c3ccc(Br)c(C)c3)ccc1-2. The lowest BCUT2D eigenvalue weighted by Crippen LogP contribution is -2.20. The van der Waals surface area contributed by atoms with Gasteiger partial charge in [0.25, 0.3) is 0 Å². The number of halogens is 1. The van der Waals surface area contributed by atoms with E-state index >= 15 is 0 Å². The molecule has 0 nitrogen and oxygen atoms in total. The van der Waals surface area contributed by atoms with Crippen LogP contribution in [0.25, 0.3) is 22.3 Å². The van der Waals surface area contributed by atoms with Crippen LogP contribution in [-0.4, -0.2) is 0 Å². The second-order valence-electron chi connectivity index (χ2n) is 8.06. The molecule has 0 aliphatic heterocycles. The van der Waals surface area contributed by atoms with Crippen molar-refractivity contribution >= 4 is 15.9 Å². The van der Waals surface area contributed by atoms with Crippen molar-refractivity contribution in [3.63, 3.8) is 0 Å². The quantitative estimate of drug-likeness (QED) is 0.393. The molecule has 2 aliphatic carbocycles. The normalized spacial score (nSPS) is 16.7. The minimum atomic E-state index is 0.247. The van der Waals surface area contributed by atoms with Crippen LogP contribution in [0.15, 0.2) is 59.1 Å². The lowest BCUT2D eigenvalue weighted by Gasteiger charge is -2.27. The van der Waals surface area contributed by atoms with Crippen molar-refractivity contribution in [1.29, 1.82) is 0 Å². The summed E-state index contributed by atoms with van der Waals surface area (Å²) in [5.74, 6) is 0. The maximum Gasteiger partial charge on any atom is 0.0215 e. The number of hydrogen-bond donors (Lipinski definition) is 0. The van der Waals surface area contributed by atoms with Gasteiger partial charge in [-0.3, -0.25) is 0 Å². The fourth-order valence-corrected chi connectivity index (χ4v) is 5.38. The average molecular weight is 403 g/mol. The molecular weight excluding hydrogens is 380 g/mol. The van der Waals surface area contributed by atoms with Crippen LogP contribution < -0.4 is 0 Å². The minimum Gasteiger partial charge on any atom is -0.0587 e. The van der Waals surface area contributed by atoms with E-state index in [0.717, 1.165) is 0 Å². The molecule has 3 aromatic rings. The van der Waals surface area contributed by atoms with E-state index in [1.807, 2.05) is 0 Å². The number of hydrogen-bond acceptors (Lipinski definition) is 0. The Morgan fingerprint density at radius 3 is 2.08 bits per heavy atom. The third-order valence-corrected chi connectivity index (χ3v) is 7.35. The Balaban J connectivity index is 1.72. The highest BCUT2D eigenvalue weighted by molar-refractivity contribution is 9.10. The Kier molecular flexibility index (Phi) is 3.66. The highest BCUT2D eigenvalue weighted by atomic mass is 79.9. The molecule has 0 atom stereocenters. The molecule has 0 unspecified atom stereocenters. The standard InChI is InChI=1S/C25H23Br/c1-16-5-8-20-21-9-6-19(18-7-10-24(26)17(2)14-18)15-23(21)25(22(20)13-16)11-3-4-12-25/h5-10,13-15H,3-4,11-12H2,1-2H3. The molecule has 0 aromatic heterocycles. The van der Waals surface area contributed by atoms with Crippen molar-refractivity contribution in [1.82, 2.24) is 0 Å². The molecule has 1 spiro atoms. The fourth-order valence-electron chi connectivity index (χ4n) is 5.13. The second kappa shape index (κ2) is 5.82. The zero-order valence-corrected chi connectivity index (χ0v) is 17.0. The van der Waals surface area contributed by atoms with Gasteiger partial charge in [-0.15, -0.1) is 0 Å². The fraction of sp³-hybridized carbons (Fsp3) is 0.280. The first-order valence-corrected chi connectivity index (χ1v) is 10.4. The Labute approximate surface area is 164 Å². The van der Waals surface area contributed by atoms with Gasteiger partial charge in [0, 0.05) is 9.89 Å². The summed E-state index contributed by atoms with van der Waals surface area (Å²) in [6.45, 7) is 4.39. The zero-order valence-electron chi connectivity index (χ0n) is 15.4. The molecule has 0 N–H and O–H groups in total. The maximum atomic E-state index is 3.63. The van der Waals surface area contributed by atoms with E-state index in [-0.39, 0.29) is 5.41 Å². The van der Waals surface area contributed by atoms with E-state index in [2.05, 4.69) is 84.4 Å². The van der Waals surface area contributed by atoms with E-state index in [0.29, 0.717) is 0 Å². The van der Waals surface area contributed by atoms with Crippen LogP contribution in [0.4, 0.5) is 0 Å². The molecule has 0 saturated heterocycles. The van der Waals surface area contributed by atoms with Crippen molar-refractivity contribution in [2.24, 2.45) is 0 Å². The first-order chi connectivity index (χ1) is 12.6. The Bertz CT molecular complexity index is 1020. The van der Waals surface area contributed by atoms with Crippen LogP contribution in [0.2, 0.25) is 0 Å². The van der Waals surface area contributed by atoms with Gasteiger partial charge in [-0.05, 0) is 77.8 Å². The van der Waals surface area contributed by atoms with Crippen molar-refractivity contribution in [3.8, 4) is 22.3 Å². The Morgan fingerprint density at radius 2 is 1.35 bits per heavy atom. The Morgan fingerprint density at radius 1 is 0.731 bits per heavy atom. The predicted molar refractivity (Wildman–Crippen MR) is 114 cm³/mol. The lowest BCUT2D eigenvalue weighted by atomic mass is 9.76. The smallest absolute Gasteiger partial charge is 0.0215 e. The summed E-state index contributed by atoms with van der Waals surface area (Å²) in [4.78, 5) is 0. The van der Waals surface area contributed by atoms with Gasteiger partial charge in [0.1, 0.15) is 0 Å². The predicted octanol–water partition coefficient (Wildman–Crippen LogP) is 7.57. The summed E-state index contributed by atoms with van der Waals surface area (Å²) in [5.41, 5.74) is 11.6. The Hall–Kier alpha value is -1.86. The van der Waals surface area contributed by atoms with Crippen LogP contribution in [0.5, 0.6) is 0 Å². The molecule has 0 bridgehead atoms. The summed E-state index contributed by atoms with van der Waals surface area (Å²) in [7, 11) is 0. The topological polar surface area (TPSA) is 0 Å².